The van der Waals surface area contributed by atoms with E-state index in [4.69, 9.17) is 4.74 Å². The van der Waals surface area contributed by atoms with Crippen LogP contribution < -0.4 is 4.74 Å². The fourth-order valence-corrected chi connectivity index (χ4v) is 3.43. The van der Waals surface area contributed by atoms with Gasteiger partial charge in [-0.3, -0.25) is 0 Å². The van der Waals surface area contributed by atoms with Gasteiger partial charge in [0.2, 0.25) is 9.84 Å². The predicted octanol–water partition coefficient (Wildman–Crippen LogP) is 3.20. The van der Waals surface area contributed by atoms with Crippen molar-refractivity contribution in [1.82, 2.24) is 0 Å². The smallest absolute Gasteiger partial charge is 0.209 e. The highest BCUT2D eigenvalue weighted by molar-refractivity contribution is 7.96. The van der Waals surface area contributed by atoms with Crippen LogP contribution in [0, 0.1) is 0 Å². The number of sulfone groups is 1. The zero-order chi connectivity index (χ0) is 13.0. The SMILES string of the molecule is COc1ccc(/C=C/S(=O)(=O)c2cccs2)cc1. The minimum atomic E-state index is -3.32. The minimum Gasteiger partial charge on any atom is -0.497 e. The van der Waals surface area contributed by atoms with Crippen LogP contribution in [-0.4, -0.2) is 15.5 Å². The van der Waals surface area contributed by atoms with Crippen LogP contribution in [0.2, 0.25) is 0 Å². The second-order valence-electron chi connectivity index (χ2n) is 3.55. The average Bonchev–Trinajstić information content (AvgIpc) is 2.92. The van der Waals surface area contributed by atoms with Crippen molar-refractivity contribution >= 4 is 27.3 Å². The molecule has 0 saturated heterocycles. The molecule has 0 aliphatic carbocycles. The lowest BCUT2D eigenvalue weighted by Gasteiger charge is -1.99. The number of ether oxygens (including phenoxy) is 1. The number of methoxy groups -OCH3 is 1. The molecule has 0 unspecified atom stereocenters. The molecule has 0 N–H and O–H groups in total. The Kier molecular flexibility index (Phi) is 3.84. The van der Waals surface area contributed by atoms with E-state index in [0.717, 1.165) is 11.3 Å². The summed E-state index contributed by atoms with van der Waals surface area (Å²) in [5.74, 6) is 0.744. The first-order chi connectivity index (χ1) is 8.62. The van der Waals surface area contributed by atoms with E-state index in [-0.39, 0.29) is 0 Å². The summed E-state index contributed by atoms with van der Waals surface area (Å²) in [6.45, 7) is 0. The molecule has 1 heterocycles. The summed E-state index contributed by atoms with van der Waals surface area (Å²) in [5, 5.41) is 2.97. The van der Waals surface area contributed by atoms with Gasteiger partial charge < -0.3 is 4.74 Å². The van der Waals surface area contributed by atoms with Crippen LogP contribution in [0.15, 0.2) is 51.4 Å². The summed E-state index contributed by atoms with van der Waals surface area (Å²) >= 11 is 1.21. The molecule has 94 valence electrons. The first kappa shape index (κ1) is 12.9. The lowest BCUT2D eigenvalue weighted by molar-refractivity contribution is 0.415. The molecule has 1 aromatic heterocycles. The molecule has 3 nitrogen and oxygen atoms in total. The normalized spacial score (nSPS) is 11.8. The van der Waals surface area contributed by atoms with Gasteiger partial charge in [0.1, 0.15) is 9.96 Å². The third-order valence-electron chi connectivity index (χ3n) is 2.33. The van der Waals surface area contributed by atoms with E-state index in [2.05, 4.69) is 0 Å². The summed E-state index contributed by atoms with van der Waals surface area (Å²) in [5.41, 5.74) is 0.816. The Labute approximate surface area is 110 Å². The van der Waals surface area contributed by atoms with Crippen LogP contribution in [0.5, 0.6) is 5.75 Å². The van der Waals surface area contributed by atoms with Crippen molar-refractivity contribution < 1.29 is 13.2 Å². The van der Waals surface area contributed by atoms with Crippen LogP contribution >= 0.6 is 11.3 Å². The molecule has 0 aliphatic rings. The fourth-order valence-electron chi connectivity index (χ4n) is 1.38. The fraction of sp³-hybridized carbons (Fsp3) is 0.0769. The quantitative estimate of drug-likeness (QED) is 0.863. The molecule has 18 heavy (non-hydrogen) atoms. The zero-order valence-corrected chi connectivity index (χ0v) is 11.4. The van der Waals surface area contributed by atoms with E-state index in [0.29, 0.717) is 4.21 Å². The largest absolute Gasteiger partial charge is 0.497 e. The van der Waals surface area contributed by atoms with Crippen LogP contribution in [0.3, 0.4) is 0 Å². The van der Waals surface area contributed by atoms with Crippen molar-refractivity contribution in [1.29, 1.82) is 0 Å². The molecule has 0 spiro atoms. The summed E-state index contributed by atoms with van der Waals surface area (Å²) < 4.78 is 29.2. The predicted molar refractivity (Wildman–Crippen MR) is 73.5 cm³/mol. The Morgan fingerprint density at radius 3 is 2.44 bits per heavy atom. The van der Waals surface area contributed by atoms with Gasteiger partial charge in [0.25, 0.3) is 0 Å². The molecular weight excluding hydrogens is 268 g/mol. The topological polar surface area (TPSA) is 43.4 Å². The summed E-state index contributed by atoms with van der Waals surface area (Å²) in [4.78, 5) is 0. The lowest BCUT2D eigenvalue weighted by Crippen LogP contribution is -1.91. The van der Waals surface area contributed by atoms with Gasteiger partial charge >= 0.3 is 0 Å². The Hall–Kier alpha value is -1.59. The van der Waals surface area contributed by atoms with E-state index in [1.54, 1.807) is 55.0 Å². The van der Waals surface area contributed by atoms with Crippen molar-refractivity contribution in [2.24, 2.45) is 0 Å². The highest BCUT2D eigenvalue weighted by atomic mass is 32.2. The van der Waals surface area contributed by atoms with E-state index in [9.17, 15) is 8.42 Å². The van der Waals surface area contributed by atoms with Crippen molar-refractivity contribution in [2.45, 2.75) is 4.21 Å². The maximum absolute atomic E-state index is 11.9. The Morgan fingerprint density at radius 2 is 1.89 bits per heavy atom. The maximum Gasteiger partial charge on any atom is 0.209 e. The number of benzene rings is 1. The zero-order valence-electron chi connectivity index (χ0n) is 9.74. The molecule has 2 aromatic rings. The molecule has 0 fully saturated rings. The molecular formula is C13H12O3S2. The summed E-state index contributed by atoms with van der Waals surface area (Å²) in [6.07, 6.45) is 1.58. The average molecular weight is 280 g/mol. The Morgan fingerprint density at radius 1 is 1.17 bits per heavy atom. The van der Waals surface area contributed by atoms with Crippen molar-refractivity contribution in [3.8, 4) is 5.75 Å². The standard InChI is InChI=1S/C13H12O3S2/c1-16-12-6-4-11(5-7-12)8-10-18(14,15)13-3-2-9-17-13/h2-10H,1H3/b10-8+. The summed E-state index contributed by atoms with van der Waals surface area (Å²) in [7, 11) is -1.73. The third kappa shape index (κ3) is 3.00. The molecule has 1 aromatic carbocycles. The molecule has 0 amide bonds. The van der Waals surface area contributed by atoms with Gasteiger partial charge in [-0.15, -0.1) is 11.3 Å². The first-order valence-electron chi connectivity index (χ1n) is 5.22. The van der Waals surface area contributed by atoms with Gasteiger partial charge in [-0.25, -0.2) is 8.42 Å². The van der Waals surface area contributed by atoms with Crippen LogP contribution in [0.4, 0.5) is 0 Å². The second kappa shape index (κ2) is 5.37. The number of thiophene rings is 1. The van der Waals surface area contributed by atoms with Crippen LogP contribution in [-0.2, 0) is 9.84 Å². The summed E-state index contributed by atoms with van der Waals surface area (Å²) in [6, 6.07) is 10.5. The van der Waals surface area contributed by atoms with Crippen molar-refractivity contribution in [3.05, 3.63) is 52.7 Å². The first-order valence-corrected chi connectivity index (χ1v) is 7.65. The second-order valence-corrected chi connectivity index (χ2v) is 6.56. The van der Waals surface area contributed by atoms with Gasteiger partial charge in [0, 0.05) is 5.41 Å². The van der Waals surface area contributed by atoms with E-state index < -0.39 is 9.84 Å². The number of hydrogen-bond acceptors (Lipinski definition) is 4. The molecule has 0 radical (unpaired) electrons. The number of hydrogen-bond donors (Lipinski definition) is 0. The molecule has 0 saturated carbocycles. The van der Waals surface area contributed by atoms with Gasteiger partial charge in [0.15, 0.2) is 0 Å². The lowest BCUT2D eigenvalue weighted by atomic mass is 10.2. The Bertz CT molecular complexity index is 623. The molecule has 0 aliphatic heterocycles. The minimum absolute atomic E-state index is 0.354. The Balaban J connectivity index is 2.20. The number of rotatable bonds is 4. The van der Waals surface area contributed by atoms with E-state index in [1.165, 1.54) is 16.7 Å². The van der Waals surface area contributed by atoms with E-state index >= 15 is 0 Å². The monoisotopic (exact) mass is 280 g/mol. The van der Waals surface area contributed by atoms with Crippen LogP contribution in [0.25, 0.3) is 6.08 Å². The molecule has 0 atom stereocenters. The highest BCUT2D eigenvalue weighted by Crippen LogP contribution is 2.20. The van der Waals surface area contributed by atoms with Crippen LogP contribution in [0.1, 0.15) is 5.56 Å². The highest BCUT2D eigenvalue weighted by Gasteiger charge is 2.10. The molecule has 5 heteroatoms. The van der Waals surface area contributed by atoms with E-state index in [1.807, 2.05) is 0 Å². The van der Waals surface area contributed by atoms with Gasteiger partial charge in [-0.05, 0) is 35.2 Å². The third-order valence-corrected chi connectivity index (χ3v) is 5.17. The maximum atomic E-state index is 11.9. The van der Waals surface area contributed by atoms with Crippen molar-refractivity contribution in [2.75, 3.05) is 7.11 Å². The van der Waals surface area contributed by atoms with Gasteiger partial charge in [-0.1, -0.05) is 18.2 Å². The molecule has 2 rings (SSSR count). The van der Waals surface area contributed by atoms with Gasteiger partial charge in [-0.2, -0.15) is 0 Å². The van der Waals surface area contributed by atoms with Gasteiger partial charge in [0.05, 0.1) is 7.11 Å². The molecule has 0 bridgehead atoms. The van der Waals surface area contributed by atoms with Crippen molar-refractivity contribution in [3.63, 3.8) is 0 Å².